The van der Waals surface area contributed by atoms with Crippen LogP contribution in [0.5, 0.6) is 0 Å². The Morgan fingerprint density at radius 2 is 1.85 bits per heavy atom. The quantitative estimate of drug-likeness (QED) is 0.777. The van der Waals surface area contributed by atoms with Crippen LogP contribution in [-0.4, -0.2) is 41.5 Å². The van der Waals surface area contributed by atoms with Gasteiger partial charge in [-0.15, -0.1) is 0 Å². The predicted octanol–water partition coefficient (Wildman–Crippen LogP) is 1.71. The summed E-state index contributed by atoms with van der Waals surface area (Å²) in [6, 6.07) is 0. The van der Waals surface area contributed by atoms with Gasteiger partial charge < -0.3 is 15.7 Å². The van der Waals surface area contributed by atoms with Crippen LogP contribution < -0.4 is 5.73 Å². The number of carbonyl (C=O) groups is 2. The van der Waals surface area contributed by atoms with Crippen molar-refractivity contribution in [1.82, 2.24) is 4.90 Å². The molecule has 1 rings (SSSR count). The van der Waals surface area contributed by atoms with Gasteiger partial charge in [-0.05, 0) is 44.6 Å². The predicted molar refractivity (Wildman–Crippen MR) is 78.2 cm³/mol. The molecule has 1 heterocycles. The smallest absolute Gasteiger partial charge is 0.309 e. The molecule has 0 radical (unpaired) electrons. The number of hydrogen-bond acceptors (Lipinski definition) is 3. The van der Waals surface area contributed by atoms with Gasteiger partial charge in [0.2, 0.25) is 5.91 Å². The molecule has 5 heteroatoms. The molecule has 1 fully saturated rings. The molecule has 0 aromatic heterocycles. The summed E-state index contributed by atoms with van der Waals surface area (Å²) in [6.07, 6.45) is 2.51. The maximum atomic E-state index is 12.3. The summed E-state index contributed by atoms with van der Waals surface area (Å²) in [5, 5.41) is 9.18. The molecule has 0 aliphatic carbocycles. The fraction of sp³-hybridized carbons (Fsp3) is 0.867. The maximum absolute atomic E-state index is 12.3. The summed E-state index contributed by atoms with van der Waals surface area (Å²) in [7, 11) is 0. The van der Waals surface area contributed by atoms with Crippen molar-refractivity contribution in [1.29, 1.82) is 0 Å². The molecule has 5 nitrogen and oxygen atoms in total. The topological polar surface area (TPSA) is 83.6 Å². The lowest BCUT2D eigenvalue weighted by Crippen LogP contribution is -2.45. The van der Waals surface area contributed by atoms with Gasteiger partial charge in [-0.2, -0.15) is 0 Å². The van der Waals surface area contributed by atoms with Crippen LogP contribution in [0, 0.1) is 17.3 Å². The molecule has 0 bridgehead atoms. The van der Waals surface area contributed by atoms with E-state index in [0.29, 0.717) is 44.8 Å². The molecule has 1 aliphatic heterocycles. The van der Waals surface area contributed by atoms with Crippen LogP contribution in [0.25, 0.3) is 0 Å². The average molecular weight is 284 g/mol. The van der Waals surface area contributed by atoms with Crippen molar-refractivity contribution in [2.75, 3.05) is 19.6 Å². The SMILES string of the molecule is CC(C)C[C@H](CN)CC(=O)N1CCC(C)(C(=O)O)CC1. The summed E-state index contributed by atoms with van der Waals surface area (Å²) in [5.41, 5.74) is 5.05. The van der Waals surface area contributed by atoms with Crippen molar-refractivity contribution in [3.8, 4) is 0 Å². The molecule has 0 unspecified atom stereocenters. The van der Waals surface area contributed by atoms with Gasteiger partial charge >= 0.3 is 5.97 Å². The van der Waals surface area contributed by atoms with E-state index in [-0.39, 0.29) is 11.8 Å². The molecule has 0 aromatic carbocycles. The first kappa shape index (κ1) is 17.0. The average Bonchev–Trinajstić information content (AvgIpc) is 2.37. The Bertz CT molecular complexity index is 347. The number of piperidine rings is 1. The second-order valence-corrected chi connectivity index (χ2v) is 6.68. The van der Waals surface area contributed by atoms with Crippen LogP contribution in [0.4, 0.5) is 0 Å². The zero-order valence-corrected chi connectivity index (χ0v) is 12.9. The fourth-order valence-electron chi connectivity index (χ4n) is 2.77. The van der Waals surface area contributed by atoms with Crippen molar-refractivity contribution in [2.45, 2.75) is 46.5 Å². The molecule has 1 aliphatic rings. The van der Waals surface area contributed by atoms with Crippen LogP contribution in [-0.2, 0) is 9.59 Å². The van der Waals surface area contributed by atoms with Crippen molar-refractivity contribution < 1.29 is 14.7 Å². The van der Waals surface area contributed by atoms with Crippen molar-refractivity contribution in [3.05, 3.63) is 0 Å². The highest BCUT2D eigenvalue weighted by Gasteiger charge is 2.38. The first-order valence-electron chi connectivity index (χ1n) is 7.49. The molecule has 116 valence electrons. The number of amides is 1. The fourth-order valence-corrected chi connectivity index (χ4v) is 2.77. The van der Waals surface area contributed by atoms with Crippen LogP contribution in [0.2, 0.25) is 0 Å². The maximum Gasteiger partial charge on any atom is 0.309 e. The van der Waals surface area contributed by atoms with Crippen LogP contribution in [0.1, 0.15) is 46.5 Å². The number of carboxylic acids is 1. The van der Waals surface area contributed by atoms with E-state index >= 15 is 0 Å². The largest absolute Gasteiger partial charge is 0.481 e. The molecule has 3 N–H and O–H groups in total. The minimum atomic E-state index is -0.760. The van der Waals surface area contributed by atoms with E-state index in [1.54, 1.807) is 11.8 Å². The Labute approximate surface area is 121 Å². The second-order valence-electron chi connectivity index (χ2n) is 6.68. The molecular weight excluding hydrogens is 256 g/mol. The molecule has 1 saturated heterocycles. The minimum absolute atomic E-state index is 0.119. The normalized spacial score (nSPS) is 19.9. The third kappa shape index (κ3) is 4.47. The van der Waals surface area contributed by atoms with Crippen molar-refractivity contribution in [2.24, 2.45) is 23.0 Å². The van der Waals surface area contributed by atoms with Crippen LogP contribution >= 0.6 is 0 Å². The first-order valence-corrected chi connectivity index (χ1v) is 7.49. The van der Waals surface area contributed by atoms with E-state index in [1.165, 1.54) is 0 Å². The lowest BCUT2D eigenvalue weighted by molar-refractivity contribution is -0.153. The van der Waals surface area contributed by atoms with Gasteiger partial charge in [-0.25, -0.2) is 0 Å². The van der Waals surface area contributed by atoms with Gasteiger partial charge in [0.25, 0.3) is 0 Å². The monoisotopic (exact) mass is 284 g/mol. The number of nitrogens with two attached hydrogens (primary N) is 1. The number of aliphatic carboxylic acids is 1. The third-order valence-corrected chi connectivity index (χ3v) is 4.34. The highest BCUT2D eigenvalue weighted by atomic mass is 16.4. The number of hydrogen-bond donors (Lipinski definition) is 2. The van der Waals surface area contributed by atoms with E-state index in [2.05, 4.69) is 13.8 Å². The highest BCUT2D eigenvalue weighted by Crippen LogP contribution is 2.31. The third-order valence-electron chi connectivity index (χ3n) is 4.34. The zero-order chi connectivity index (χ0) is 15.3. The Balaban J connectivity index is 2.48. The second kappa shape index (κ2) is 7.07. The Kier molecular flexibility index (Phi) is 5.99. The molecule has 0 aromatic rings. The van der Waals surface area contributed by atoms with Crippen LogP contribution in [0.15, 0.2) is 0 Å². The molecule has 20 heavy (non-hydrogen) atoms. The summed E-state index contributed by atoms with van der Waals surface area (Å²) < 4.78 is 0. The first-order chi connectivity index (χ1) is 9.28. The van der Waals surface area contributed by atoms with E-state index in [1.807, 2.05) is 0 Å². The van der Waals surface area contributed by atoms with Gasteiger partial charge in [-0.1, -0.05) is 13.8 Å². The van der Waals surface area contributed by atoms with Crippen LogP contribution in [0.3, 0.4) is 0 Å². The number of nitrogens with zero attached hydrogens (tertiary/aromatic N) is 1. The highest BCUT2D eigenvalue weighted by molar-refractivity contribution is 5.78. The summed E-state index contributed by atoms with van der Waals surface area (Å²) >= 11 is 0. The van der Waals surface area contributed by atoms with Gasteiger partial charge in [0, 0.05) is 19.5 Å². The Morgan fingerprint density at radius 1 is 1.30 bits per heavy atom. The lowest BCUT2D eigenvalue weighted by atomic mass is 9.80. The Hall–Kier alpha value is -1.10. The van der Waals surface area contributed by atoms with Gasteiger partial charge in [0.1, 0.15) is 0 Å². The summed E-state index contributed by atoms with van der Waals surface area (Å²) in [4.78, 5) is 25.2. The van der Waals surface area contributed by atoms with Crippen molar-refractivity contribution in [3.63, 3.8) is 0 Å². The Morgan fingerprint density at radius 3 is 2.25 bits per heavy atom. The van der Waals surface area contributed by atoms with E-state index < -0.39 is 11.4 Å². The standard InChI is InChI=1S/C15H28N2O3/c1-11(2)8-12(10-16)9-13(18)17-6-4-15(3,5-7-17)14(19)20/h11-12H,4-10,16H2,1-3H3,(H,19,20)/t12-/m0/s1. The van der Waals surface area contributed by atoms with Gasteiger partial charge in [0.05, 0.1) is 5.41 Å². The molecule has 1 amide bonds. The van der Waals surface area contributed by atoms with Gasteiger partial charge in [0.15, 0.2) is 0 Å². The summed E-state index contributed by atoms with van der Waals surface area (Å²) in [6.45, 7) is 7.64. The van der Waals surface area contributed by atoms with E-state index in [4.69, 9.17) is 5.73 Å². The number of rotatable bonds is 6. The number of carbonyl (C=O) groups excluding carboxylic acids is 1. The number of carboxylic acid groups (broad SMARTS) is 1. The minimum Gasteiger partial charge on any atom is -0.481 e. The summed E-state index contributed by atoms with van der Waals surface area (Å²) in [5.74, 6) is 0.126. The number of likely N-dealkylation sites (tertiary alicyclic amines) is 1. The lowest BCUT2D eigenvalue weighted by Gasteiger charge is -2.37. The molecule has 0 saturated carbocycles. The zero-order valence-electron chi connectivity index (χ0n) is 12.9. The molecule has 0 spiro atoms. The van der Waals surface area contributed by atoms with E-state index in [9.17, 15) is 14.7 Å². The molecule has 1 atom stereocenters. The van der Waals surface area contributed by atoms with Crippen molar-refractivity contribution >= 4 is 11.9 Å². The van der Waals surface area contributed by atoms with E-state index in [0.717, 1.165) is 6.42 Å². The van der Waals surface area contributed by atoms with Gasteiger partial charge in [-0.3, -0.25) is 9.59 Å². The molecular formula is C15H28N2O3.